The fraction of sp³-hybridized carbons (Fsp3) is 0.125. The molecule has 0 heterocycles. The van der Waals surface area contributed by atoms with Crippen molar-refractivity contribution in [3.8, 4) is 6.07 Å². The average molecular weight is 340 g/mol. The Labute approximate surface area is 91.8 Å². The van der Waals surface area contributed by atoms with E-state index in [4.69, 9.17) is 5.26 Å². The molecule has 0 saturated heterocycles. The zero-order chi connectivity index (χ0) is 9.14. The molecular weight excluding hydrogens is 336 g/mol. The van der Waals surface area contributed by atoms with Gasteiger partial charge in [0.2, 0.25) is 0 Å². The van der Waals surface area contributed by atoms with E-state index >= 15 is 0 Å². The summed E-state index contributed by atoms with van der Waals surface area (Å²) in [5, 5.41) is 8.42. The van der Waals surface area contributed by atoms with Crippen molar-refractivity contribution in [3.63, 3.8) is 0 Å². The second kappa shape index (κ2) is 4.19. The first-order chi connectivity index (χ1) is 5.66. The second-order valence-electron chi connectivity index (χ2n) is 2.17. The van der Waals surface area contributed by atoms with Crippen LogP contribution in [0.15, 0.2) is 16.6 Å². The van der Waals surface area contributed by atoms with Crippen molar-refractivity contribution >= 4 is 38.5 Å². The number of hydrogen-bond acceptors (Lipinski definition) is 1. The summed E-state index contributed by atoms with van der Waals surface area (Å²) in [5.74, 6) is -0.289. The van der Waals surface area contributed by atoms with Crippen LogP contribution in [-0.2, 0) is 6.42 Å². The standard InChI is InChI=1S/C8H4BrFIN/c9-6-2-1-5(3-4-12)8(11)7(6)10/h1-2H,3H2. The number of rotatable bonds is 1. The Bertz CT molecular complexity index is 346. The van der Waals surface area contributed by atoms with E-state index in [9.17, 15) is 4.39 Å². The van der Waals surface area contributed by atoms with E-state index in [-0.39, 0.29) is 12.2 Å². The Morgan fingerprint density at radius 1 is 1.58 bits per heavy atom. The molecule has 4 heteroatoms. The molecule has 1 aromatic carbocycles. The molecular formula is C8H4BrFIN. The molecule has 0 amide bonds. The zero-order valence-electron chi connectivity index (χ0n) is 5.94. The van der Waals surface area contributed by atoms with Crippen molar-refractivity contribution in [3.05, 3.63) is 31.6 Å². The van der Waals surface area contributed by atoms with Crippen LogP contribution >= 0.6 is 38.5 Å². The summed E-state index contributed by atoms with van der Waals surface area (Å²) < 4.78 is 14.1. The van der Waals surface area contributed by atoms with Crippen molar-refractivity contribution in [2.45, 2.75) is 6.42 Å². The number of nitrogens with zero attached hydrogens (tertiary/aromatic N) is 1. The van der Waals surface area contributed by atoms with Crippen LogP contribution in [0.5, 0.6) is 0 Å². The lowest BCUT2D eigenvalue weighted by Gasteiger charge is -2.01. The molecule has 0 unspecified atom stereocenters. The number of halogens is 3. The second-order valence-corrected chi connectivity index (χ2v) is 4.10. The first kappa shape index (κ1) is 9.93. The van der Waals surface area contributed by atoms with Gasteiger partial charge in [0.1, 0.15) is 0 Å². The van der Waals surface area contributed by atoms with Crippen molar-refractivity contribution in [2.75, 3.05) is 0 Å². The largest absolute Gasteiger partial charge is 0.205 e. The molecule has 0 bridgehead atoms. The normalized spacial score (nSPS) is 9.50. The topological polar surface area (TPSA) is 23.8 Å². The average Bonchev–Trinajstić information content (AvgIpc) is 2.07. The molecule has 0 aliphatic heterocycles. The van der Waals surface area contributed by atoms with Crippen LogP contribution in [0.2, 0.25) is 0 Å². The van der Waals surface area contributed by atoms with Crippen LogP contribution in [0.3, 0.4) is 0 Å². The lowest BCUT2D eigenvalue weighted by molar-refractivity contribution is 0.611. The van der Waals surface area contributed by atoms with Gasteiger partial charge in [-0.25, -0.2) is 4.39 Å². The molecule has 1 rings (SSSR count). The summed E-state index contributed by atoms with van der Waals surface area (Å²) in [7, 11) is 0. The minimum absolute atomic E-state index is 0.252. The van der Waals surface area contributed by atoms with Crippen molar-refractivity contribution in [1.29, 1.82) is 5.26 Å². The van der Waals surface area contributed by atoms with Crippen LogP contribution in [0.4, 0.5) is 4.39 Å². The summed E-state index contributed by atoms with van der Waals surface area (Å²) in [6.45, 7) is 0. The highest BCUT2D eigenvalue weighted by atomic mass is 127. The summed E-state index contributed by atoms with van der Waals surface area (Å²) in [5.41, 5.74) is 0.735. The molecule has 1 aromatic rings. The highest BCUT2D eigenvalue weighted by Gasteiger charge is 2.08. The van der Waals surface area contributed by atoms with Gasteiger partial charge in [0.05, 0.1) is 20.5 Å². The maximum Gasteiger partial charge on any atom is 0.150 e. The Hall–Kier alpha value is -0.150. The van der Waals surface area contributed by atoms with Gasteiger partial charge in [-0.1, -0.05) is 6.07 Å². The van der Waals surface area contributed by atoms with E-state index in [1.54, 1.807) is 12.1 Å². The van der Waals surface area contributed by atoms with Gasteiger partial charge in [0, 0.05) is 0 Å². The van der Waals surface area contributed by atoms with E-state index in [2.05, 4.69) is 15.9 Å². The Morgan fingerprint density at radius 3 is 2.83 bits per heavy atom. The molecule has 12 heavy (non-hydrogen) atoms. The lowest BCUT2D eigenvalue weighted by Crippen LogP contribution is -1.92. The van der Waals surface area contributed by atoms with Crippen LogP contribution in [-0.4, -0.2) is 0 Å². The summed E-state index contributed by atoms with van der Waals surface area (Å²) in [6, 6.07) is 5.35. The van der Waals surface area contributed by atoms with Gasteiger partial charge in [-0.15, -0.1) is 0 Å². The number of nitriles is 1. The molecule has 0 radical (unpaired) electrons. The molecule has 0 fully saturated rings. The minimum atomic E-state index is -0.289. The summed E-state index contributed by atoms with van der Waals surface area (Å²) in [6.07, 6.45) is 0.252. The summed E-state index contributed by atoms with van der Waals surface area (Å²) in [4.78, 5) is 0. The van der Waals surface area contributed by atoms with Gasteiger partial charge in [0.15, 0.2) is 5.82 Å². The van der Waals surface area contributed by atoms with Crippen LogP contribution in [0, 0.1) is 20.7 Å². The smallest absolute Gasteiger partial charge is 0.150 e. The molecule has 0 aliphatic rings. The molecule has 0 atom stereocenters. The lowest BCUT2D eigenvalue weighted by atomic mass is 10.2. The molecule has 0 spiro atoms. The van der Waals surface area contributed by atoms with Crippen molar-refractivity contribution in [1.82, 2.24) is 0 Å². The van der Waals surface area contributed by atoms with Gasteiger partial charge in [-0.05, 0) is 50.2 Å². The predicted molar refractivity (Wildman–Crippen MR) is 56.1 cm³/mol. The van der Waals surface area contributed by atoms with E-state index in [1.807, 2.05) is 28.7 Å². The number of hydrogen-bond donors (Lipinski definition) is 0. The maximum atomic E-state index is 13.2. The first-order valence-corrected chi connectivity index (χ1v) is 5.03. The van der Waals surface area contributed by atoms with Gasteiger partial charge >= 0.3 is 0 Å². The third-order valence-corrected chi connectivity index (χ3v) is 3.16. The zero-order valence-corrected chi connectivity index (χ0v) is 9.69. The van der Waals surface area contributed by atoms with E-state index in [0.717, 1.165) is 5.56 Å². The monoisotopic (exact) mass is 339 g/mol. The SMILES string of the molecule is N#CCc1ccc(Br)c(F)c1I. The van der Waals surface area contributed by atoms with Crippen molar-refractivity contribution < 1.29 is 4.39 Å². The predicted octanol–water partition coefficient (Wildman–Crippen LogP) is 3.26. The van der Waals surface area contributed by atoms with E-state index in [0.29, 0.717) is 8.04 Å². The third-order valence-electron chi connectivity index (χ3n) is 1.38. The maximum absolute atomic E-state index is 13.2. The molecule has 0 aromatic heterocycles. The summed E-state index contributed by atoms with van der Waals surface area (Å²) >= 11 is 4.97. The van der Waals surface area contributed by atoms with E-state index in [1.165, 1.54) is 0 Å². The molecule has 0 N–H and O–H groups in total. The Morgan fingerprint density at radius 2 is 2.25 bits per heavy atom. The van der Waals surface area contributed by atoms with Gasteiger partial charge in [0.25, 0.3) is 0 Å². The van der Waals surface area contributed by atoms with Gasteiger partial charge < -0.3 is 0 Å². The highest BCUT2D eigenvalue weighted by Crippen LogP contribution is 2.23. The number of benzene rings is 1. The van der Waals surface area contributed by atoms with Gasteiger partial charge in [-0.3, -0.25) is 0 Å². The van der Waals surface area contributed by atoms with Crippen molar-refractivity contribution in [2.24, 2.45) is 0 Å². The van der Waals surface area contributed by atoms with E-state index < -0.39 is 0 Å². The Kier molecular flexibility index (Phi) is 3.47. The quantitative estimate of drug-likeness (QED) is 0.569. The fourth-order valence-corrected chi connectivity index (χ4v) is 2.15. The van der Waals surface area contributed by atoms with Crippen LogP contribution in [0.25, 0.3) is 0 Å². The Balaban J connectivity index is 3.19. The molecule has 1 nitrogen and oxygen atoms in total. The van der Waals surface area contributed by atoms with Crippen LogP contribution < -0.4 is 0 Å². The van der Waals surface area contributed by atoms with Gasteiger partial charge in [-0.2, -0.15) is 5.26 Å². The molecule has 0 aliphatic carbocycles. The first-order valence-electron chi connectivity index (χ1n) is 3.16. The highest BCUT2D eigenvalue weighted by molar-refractivity contribution is 14.1. The fourth-order valence-electron chi connectivity index (χ4n) is 0.788. The molecule has 62 valence electrons. The van der Waals surface area contributed by atoms with Crippen LogP contribution in [0.1, 0.15) is 5.56 Å². The molecule has 0 saturated carbocycles. The third kappa shape index (κ3) is 1.96. The minimum Gasteiger partial charge on any atom is -0.205 e.